The van der Waals surface area contributed by atoms with Gasteiger partial charge >= 0.3 is 0 Å². The van der Waals surface area contributed by atoms with Gasteiger partial charge in [0, 0.05) is 23.8 Å². The lowest BCUT2D eigenvalue weighted by molar-refractivity contribution is -0.114. The van der Waals surface area contributed by atoms with Crippen molar-refractivity contribution in [2.24, 2.45) is 3.77 Å². The van der Waals surface area contributed by atoms with E-state index in [2.05, 4.69) is 9.08 Å². The third-order valence-corrected chi connectivity index (χ3v) is 6.83. The van der Waals surface area contributed by atoms with Crippen LogP contribution in [0.15, 0.2) is 68.2 Å². The third kappa shape index (κ3) is 4.40. The van der Waals surface area contributed by atoms with Crippen LogP contribution in [0.4, 0.5) is 5.69 Å². The quantitative estimate of drug-likeness (QED) is 0.915. The summed E-state index contributed by atoms with van der Waals surface area (Å²) >= 11 is 0. The molecule has 0 heterocycles. The number of hydrogen-bond donors (Lipinski definition) is 1. The van der Waals surface area contributed by atoms with Gasteiger partial charge in [-0.05, 0) is 36.4 Å². The maximum Gasteiger partial charge on any atom is 0.290 e. The number of carbonyl (C=O) groups is 1. The maximum absolute atomic E-state index is 12.7. The average Bonchev–Trinajstić information content (AvgIpc) is 2.47. The molecule has 0 saturated carbocycles. The molecule has 0 spiro atoms. The van der Waals surface area contributed by atoms with Crippen LogP contribution >= 0.6 is 0 Å². The fraction of sp³-hybridized carbons (Fsp3) is 0.133. The molecule has 6 nitrogen and oxygen atoms in total. The first kappa shape index (κ1) is 17.2. The second-order valence-corrected chi connectivity index (χ2v) is 8.97. The molecule has 0 aromatic heterocycles. The Kier molecular flexibility index (Phi) is 4.86. The number of rotatable bonds is 4. The number of sulfonamides is 1. The second kappa shape index (κ2) is 6.51. The summed E-state index contributed by atoms with van der Waals surface area (Å²) < 4.78 is 40.7. The lowest BCUT2D eigenvalue weighted by atomic mass is 10.3. The highest BCUT2D eigenvalue weighted by molar-refractivity contribution is 8.03. The first-order chi connectivity index (χ1) is 10.7. The van der Waals surface area contributed by atoms with Gasteiger partial charge in [0.1, 0.15) is 0 Å². The van der Waals surface area contributed by atoms with Gasteiger partial charge in [-0.25, -0.2) is 4.21 Å². The molecule has 122 valence electrons. The van der Waals surface area contributed by atoms with E-state index in [1.807, 2.05) is 0 Å². The van der Waals surface area contributed by atoms with Crippen molar-refractivity contribution in [3.63, 3.8) is 0 Å². The first-order valence-electron chi connectivity index (χ1n) is 6.62. The molecule has 23 heavy (non-hydrogen) atoms. The van der Waals surface area contributed by atoms with Crippen molar-refractivity contribution in [2.45, 2.75) is 16.7 Å². The van der Waals surface area contributed by atoms with Crippen molar-refractivity contribution in [3.05, 3.63) is 54.6 Å². The predicted molar refractivity (Wildman–Crippen MR) is 89.1 cm³/mol. The molecule has 1 atom stereocenters. The lowest BCUT2D eigenvalue weighted by Crippen LogP contribution is -2.07. The highest BCUT2D eigenvalue weighted by Gasteiger charge is 2.17. The molecule has 0 saturated heterocycles. The van der Waals surface area contributed by atoms with E-state index >= 15 is 0 Å². The second-order valence-electron chi connectivity index (χ2n) is 4.87. The van der Waals surface area contributed by atoms with Crippen LogP contribution in [-0.2, 0) is 24.5 Å². The molecule has 2 aromatic rings. The van der Waals surface area contributed by atoms with Crippen LogP contribution in [0.2, 0.25) is 0 Å². The number of anilines is 1. The summed E-state index contributed by atoms with van der Waals surface area (Å²) in [7, 11) is -7.15. The molecular formula is C15H16N2O4S2. The topological polar surface area (TPSA) is 92.7 Å². The molecule has 0 aliphatic carbocycles. The van der Waals surface area contributed by atoms with Crippen LogP contribution < -0.4 is 5.32 Å². The van der Waals surface area contributed by atoms with E-state index in [0.717, 1.165) is 0 Å². The Labute approximate surface area is 135 Å². The van der Waals surface area contributed by atoms with Crippen molar-refractivity contribution in [2.75, 3.05) is 11.6 Å². The fourth-order valence-electron chi connectivity index (χ4n) is 1.86. The monoisotopic (exact) mass is 352 g/mol. The Hall–Kier alpha value is -2.19. The Morgan fingerprint density at radius 3 is 2.00 bits per heavy atom. The summed E-state index contributed by atoms with van der Waals surface area (Å²) in [5.41, 5.74) is 0.530. The molecular weight excluding hydrogens is 336 g/mol. The summed E-state index contributed by atoms with van der Waals surface area (Å²) in [6.07, 6.45) is 1.26. The van der Waals surface area contributed by atoms with Gasteiger partial charge in [0.25, 0.3) is 10.0 Å². The molecule has 0 aliphatic rings. The van der Waals surface area contributed by atoms with Crippen molar-refractivity contribution in [1.82, 2.24) is 0 Å². The number of nitrogens with zero attached hydrogens (tertiary/aromatic N) is 1. The van der Waals surface area contributed by atoms with Crippen LogP contribution in [0.3, 0.4) is 0 Å². The summed E-state index contributed by atoms with van der Waals surface area (Å²) in [5.74, 6) is -0.230. The summed E-state index contributed by atoms with van der Waals surface area (Å²) in [6.45, 7) is 1.37. The van der Waals surface area contributed by atoms with Gasteiger partial charge in [-0.3, -0.25) is 4.79 Å². The van der Waals surface area contributed by atoms with Gasteiger partial charge in [-0.15, -0.1) is 3.77 Å². The van der Waals surface area contributed by atoms with Gasteiger partial charge in [0.05, 0.1) is 14.6 Å². The normalized spacial score (nSPS) is 13.8. The Bertz CT molecular complexity index is 927. The van der Waals surface area contributed by atoms with E-state index in [1.165, 1.54) is 37.4 Å². The fourth-order valence-corrected chi connectivity index (χ4v) is 5.19. The van der Waals surface area contributed by atoms with Crippen molar-refractivity contribution < 1.29 is 17.4 Å². The van der Waals surface area contributed by atoms with E-state index in [0.29, 0.717) is 5.69 Å². The molecule has 1 N–H and O–H groups in total. The maximum atomic E-state index is 12.7. The number of carbonyl (C=O) groups excluding carboxylic acids is 1. The Morgan fingerprint density at radius 1 is 0.913 bits per heavy atom. The van der Waals surface area contributed by atoms with Crippen LogP contribution in [0.1, 0.15) is 6.92 Å². The van der Waals surface area contributed by atoms with Gasteiger partial charge in [0.15, 0.2) is 0 Å². The standard InChI is InChI=1S/C15H16N2O4S2/c1-12(18)16-13-8-10-14(11-9-13)22(2,19)17-23(20,21)15-6-4-3-5-7-15/h3-11H,1-2H3,(H,16,18). The van der Waals surface area contributed by atoms with Crippen LogP contribution in [0, 0.1) is 0 Å². The molecule has 1 unspecified atom stereocenters. The van der Waals surface area contributed by atoms with Crippen molar-refractivity contribution in [1.29, 1.82) is 0 Å². The van der Waals surface area contributed by atoms with Crippen LogP contribution in [-0.4, -0.2) is 24.8 Å². The molecule has 0 radical (unpaired) electrons. The number of amides is 1. The van der Waals surface area contributed by atoms with Crippen molar-refractivity contribution in [3.8, 4) is 0 Å². The minimum absolute atomic E-state index is 0.00978. The molecule has 0 aliphatic heterocycles. The molecule has 2 rings (SSSR count). The summed E-state index contributed by atoms with van der Waals surface area (Å²) in [6, 6.07) is 13.7. The Morgan fingerprint density at radius 2 is 1.48 bits per heavy atom. The minimum atomic E-state index is -4.02. The SMILES string of the molecule is CC(=O)Nc1ccc(S(C)(=O)=NS(=O)(=O)c2ccccc2)cc1. The van der Waals surface area contributed by atoms with E-state index in [1.54, 1.807) is 30.3 Å². The van der Waals surface area contributed by atoms with Gasteiger partial charge in [0.2, 0.25) is 5.91 Å². The first-order valence-corrected chi connectivity index (χ1v) is 9.98. The van der Waals surface area contributed by atoms with E-state index in [9.17, 15) is 17.4 Å². The zero-order chi connectivity index (χ0) is 17.1. The molecule has 1 amide bonds. The molecule has 0 fully saturated rings. The Balaban J connectivity index is 2.41. The zero-order valence-corrected chi connectivity index (χ0v) is 14.2. The molecule has 2 aromatic carbocycles. The number of hydrogen-bond acceptors (Lipinski definition) is 4. The number of nitrogens with one attached hydrogen (secondary N) is 1. The molecule has 8 heteroatoms. The lowest BCUT2D eigenvalue weighted by Gasteiger charge is -2.07. The average molecular weight is 352 g/mol. The third-order valence-electron chi connectivity index (χ3n) is 2.89. The highest BCUT2D eigenvalue weighted by atomic mass is 32.3. The minimum Gasteiger partial charge on any atom is -0.326 e. The smallest absolute Gasteiger partial charge is 0.290 e. The van der Waals surface area contributed by atoms with Crippen molar-refractivity contribution >= 4 is 31.3 Å². The molecule has 0 bridgehead atoms. The largest absolute Gasteiger partial charge is 0.326 e. The summed E-state index contributed by atoms with van der Waals surface area (Å²) in [4.78, 5) is 11.2. The van der Waals surface area contributed by atoms with E-state index in [4.69, 9.17) is 0 Å². The van der Waals surface area contributed by atoms with Crippen LogP contribution in [0.25, 0.3) is 0 Å². The summed E-state index contributed by atoms with van der Waals surface area (Å²) in [5, 5.41) is 2.58. The zero-order valence-electron chi connectivity index (χ0n) is 12.6. The highest BCUT2D eigenvalue weighted by Crippen LogP contribution is 2.20. The van der Waals surface area contributed by atoms with Gasteiger partial charge in [-0.2, -0.15) is 8.42 Å². The van der Waals surface area contributed by atoms with E-state index in [-0.39, 0.29) is 15.7 Å². The van der Waals surface area contributed by atoms with E-state index < -0.39 is 19.8 Å². The van der Waals surface area contributed by atoms with Gasteiger partial charge < -0.3 is 5.32 Å². The van der Waals surface area contributed by atoms with Crippen LogP contribution in [0.5, 0.6) is 0 Å². The van der Waals surface area contributed by atoms with Gasteiger partial charge in [-0.1, -0.05) is 18.2 Å². The predicted octanol–water partition coefficient (Wildman–Crippen LogP) is 2.49. The number of benzene rings is 2.